The second-order valence-corrected chi connectivity index (χ2v) is 9.51. The first-order valence-corrected chi connectivity index (χ1v) is 11.9. The summed E-state index contributed by atoms with van der Waals surface area (Å²) in [7, 11) is 0. The number of likely N-dealkylation sites (tertiary alicyclic amines) is 1. The zero-order valence-corrected chi connectivity index (χ0v) is 19.1. The lowest BCUT2D eigenvalue weighted by molar-refractivity contribution is -0.00195. The minimum atomic E-state index is -0.531. The van der Waals surface area contributed by atoms with Crippen molar-refractivity contribution in [2.45, 2.75) is 31.0 Å². The number of aliphatic hydroxyl groups excluding tert-OH is 1. The van der Waals surface area contributed by atoms with Gasteiger partial charge in [-0.1, -0.05) is 17.7 Å². The van der Waals surface area contributed by atoms with Gasteiger partial charge in [0.1, 0.15) is 29.8 Å². The molecule has 0 bridgehead atoms. The van der Waals surface area contributed by atoms with E-state index in [0.29, 0.717) is 6.54 Å². The highest BCUT2D eigenvalue weighted by Crippen LogP contribution is 2.41. The quantitative estimate of drug-likeness (QED) is 0.716. The smallest absolute Gasteiger partial charge is 0.123 e. The van der Waals surface area contributed by atoms with Crippen molar-refractivity contribution >= 4 is 17.3 Å². The number of hydrogen-bond donors (Lipinski definition) is 1. The Labute approximate surface area is 194 Å². The van der Waals surface area contributed by atoms with Crippen molar-refractivity contribution < 1.29 is 19.3 Å². The SMILES string of the molecule is O[C@@H](COc1cccc(N2CCOCC2)c1)CN1CCC2(CC1)Cc1cc(Cl)ccc1O2. The summed E-state index contributed by atoms with van der Waals surface area (Å²) in [5, 5.41) is 11.3. The van der Waals surface area contributed by atoms with E-state index in [4.69, 9.17) is 25.8 Å². The molecule has 3 aliphatic heterocycles. The maximum Gasteiger partial charge on any atom is 0.123 e. The number of fused-ring (bicyclic) bond motifs is 1. The van der Waals surface area contributed by atoms with Crippen molar-refractivity contribution in [1.82, 2.24) is 4.90 Å². The van der Waals surface area contributed by atoms with Crippen LogP contribution in [0.3, 0.4) is 0 Å². The predicted octanol–water partition coefficient (Wildman–Crippen LogP) is 3.39. The number of piperidine rings is 1. The minimum Gasteiger partial charge on any atom is -0.491 e. The van der Waals surface area contributed by atoms with Gasteiger partial charge in [-0.25, -0.2) is 0 Å². The van der Waals surface area contributed by atoms with E-state index in [1.165, 1.54) is 5.56 Å². The van der Waals surface area contributed by atoms with E-state index in [-0.39, 0.29) is 12.2 Å². The summed E-state index contributed by atoms with van der Waals surface area (Å²) in [5.41, 5.74) is 2.23. The van der Waals surface area contributed by atoms with Crippen molar-refractivity contribution in [3.63, 3.8) is 0 Å². The van der Waals surface area contributed by atoms with Crippen LogP contribution in [0.1, 0.15) is 18.4 Å². The number of ether oxygens (including phenoxy) is 3. The first kappa shape index (κ1) is 21.8. The van der Waals surface area contributed by atoms with Crippen molar-refractivity contribution in [1.29, 1.82) is 0 Å². The third-order valence-corrected chi connectivity index (χ3v) is 6.97. The van der Waals surface area contributed by atoms with E-state index in [0.717, 1.165) is 80.9 Å². The van der Waals surface area contributed by atoms with Crippen LogP contribution in [0.25, 0.3) is 0 Å². The van der Waals surface area contributed by atoms with Gasteiger partial charge in [-0.2, -0.15) is 0 Å². The number of β-amino-alcohol motifs (C(OH)–C–C–N with tert-alkyl or cyclic N) is 1. The molecular formula is C25H31ClN2O4. The Morgan fingerprint density at radius 1 is 1.06 bits per heavy atom. The Hall–Kier alpha value is -1.99. The standard InChI is InChI=1S/C25H31ClN2O4/c26-20-4-5-24-19(14-20)16-25(32-24)6-8-27(9-7-25)17-22(29)18-31-23-3-1-2-21(15-23)28-10-12-30-13-11-28/h1-5,14-15,22,29H,6-13,16-18H2/t22-/m1/s1. The molecule has 0 radical (unpaired) electrons. The van der Waals surface area contributed by atoms with Crippen LogP contribution >= 0.6 is 11.6 Å². The van der Waals surface area contributed by atoms with Gasteiger partial charge in [0.15, 0.2) is 0 Å². The molecule has 1 N–H and O–H groups in total. The van der Waals surface area contributed by atoms with Crippen LogP contribution in [-0.4, -0.2) is 74.3 Å². The van der Waals surface area contributed by atoms with Crippen LogP contribution in [0.4, 0.5) is 5.69 Å². The maximum atomic E-state index is 10.6. The molecule has 2 saturated heterocycles. The summed E-state index contributed by atoms with van der Waals surface area (Å²) in [6, 6.07) is 14.0. The monoisotopic (exact) mass is 458 g/mol. The molecule has 0 unspecified atom stereocenters. The van der Waals surface area contributed by atoms with Crippen LogP contribution < -0.4 is 14.4 Å². The topological polar surface area (TPSA) is 54.4 Å². The van der Waals surface area contributed by atoms with E-state index in [1.54, 1.807) is 0 Å². The Bertz CT molecular complexity index is 926. The number of anilines is 1. The summed E-state index contributed by atoms with van der Waals surface area (Å²) >= 11 is 6.14. The summed E-state index contributed by atoms with van der Waals surface area (Å²) in [6.07, 6.45) is 2.29. The minimum absolute atomic E-state index is 0.120. The largest absolute Gasteiger partial charge is 0.491 e. The van der Waals surface area contributed by atoms with Gasteiger partial charge in [-0.3, -0.25) is 0 Å². The predicted molar refractivity (Wildman–Crippen MR) is 125 cm³/mol. The molecule has 0 aromatic heterocycles. The zero-order chi connectivity index (χ0) is 22.0. The zero-order valence-electron chi connectivity index (χ0n) is 18.3. The van der Waals surface area contributed by atoms with Crippen LogP contribution in [-0.2, 0) is 11.2 Å². The molecule has 0 aliphatic carbocycles. The normalized spacial score (nSPS) is 21.2. The molecular weight excluding hydrogens is 428 g/mol. The Morgan fingerprint density at radius 3 is 2.69 bits per heavy atom. The molecule has 0 amide bonds. The highest BCUT2D eigenvalue weighted by molar-refractivity contribution is 6.30. The van der Waals surface area contributed by atoms with Crippen molar-refractivity contribution in [3.8, 4) is 11.5 Å². The van der Waals surface area contributed by atoms with Crippen LogP contribution in [0.2, 0.25) is 5.02 Å². The van der Waals surface area contributed by atoms with E-state index in [1.807, 2.05) is 36.4 Å². The first-order chi connectivity index (χ1) is 15.6. The fourth-order valence-electron chi connectivity index (χ4n) is 4.96. The molecule has 2 fully saturated rings. The number of morpholine rings is 1. The lowest BCUT2D eigenvalue weighted by Gasteiger charge is -2.39. The van der Waals surface area contributed by atoms with E-state index >= 15 is 0 Å². The lowest BCUT2D eigenvalue weighted by Crippen LogP contribution is -2.49. The van der Waals surface area contributed by atoms with Crippen molar-refractivity contribution in [3.05, 3.63) is 53.1 Å². The third-order valence-electron chi connectivity index (χ3n) is 6.73. The summed E-state index contributed by atoms with van der Waals surface area (Å²) in [5.74, 6) is 1.76. The molecule has 2 aromatic carbocycles. The Balaban J connectivity index is 1.08. The summed E-state index contributed by atoms with van der Waals surface area (Å²) in [4.78, 5) is 4.61. The van der Waals surface area contributed by atoms with E-state index in [9.17, 15) is 5.11 Å². The molecule has 7 heteroatoms. The van der Waals surface area contributed by atoms with Crippen LogP contribution in [0.5, 0.6) is 11.5 Å². The maximum absolute atomic E-state index is 10.6. The number of hydrogen-bond acceptors (Lipinski definition) is 6. The van der Waals surface area contributed by atoms with Gasteiger partial charge in [0.25, 0.3) is 0 Å². The third kappa shape index (κ3) is 4.99. The fraction of sp³-hybridized carbons (Fsp3) is 0.520. The second-order valence-electron chi connectivity index (χ2n) is 9.08. The summed E-state index contributed by atoms with van der Waals surface area (Å²) in [6.45, 7) is 6.01. The van der Waals surface area contributed by atoms with Gasteiger partial charge >= 0.3 is 0 Å². The molecule has 2 aromatic rings. The number of rotatable bonds is 6. The molecule has 3 aliphatic rings. The fourth-order valence-corrected chi connectivity index (χ4v) is 5.15. The van der Waals surface area contributed by atoms with Gasteiger partial charge < -0.3 is 29.1 Å². The average molecular weight is 459 g/mol. The molecule has 5 rings (SSSR count). The van der Waals surface area contributed by atoms with E-state index in [2.05, 4.69) is 15.9 Å². The second kappa shape index (κ2) is 9.48. The highest BCUT2D eigenvalue weighted by atomic mass is 35.5. The molecule has 172 valence electrons. The molecule has 32 heavy (non-hydrogen) atoms. The molecule has 1 atom stereocenters. The number of nitrogens with zero attached hydrogens (tertiary/aromatic N) is 2. The average Bonchev–Trinajstić information content (AvgIpc) is 3.17. The molecule has 6 nitrogen and oxygen atoms in total. The molecule has 3 heterocycles. The number of aliphatic hydroxyl groups is 1. The Kier molecular flexibility index (Phi) is 6.47. The van der Waals surface area contributed by atoms with Gasteiger partial charge in [0, 0.05) is 68.8 Å². The molecule has 1 spiro atoms. The van der Waals surface area contributed by atoms with Crippen molar-refractivity contribution in [2.75, 3.05) is 57.4 Å². The van der Waals surface area contributed by atoms with Crippen LogP contribution in [0, 0.1) is 0 Å². The van der Waals surface area contributed by atoms with E-state index < -0.39 is 6.10 Å². The van der Waals surface area contributed by atoms with Gasteiger partial charge in [0.2, 0.25) is 0 Å². The Morgan fingerprint density at radius 2 is 1.88 bits per heavy atom. The van der Waals surface area contributed by atoms with Gasteiger partial charge in [-0.05, 0) is 35.9 Å². The van der Waals surface area contributed by atoms with Gasteiger partial charge in [-0.15, -0.1) is 0 Å². The molecule has 0 saturated carbocycles. The lowest BCUT2D eigenvalue weighted by atomic mass is 9.87. The van der Waals surface area contributed by atoms with Gasteiger partial charge in [0.05, 0.1) is 13.2 Å². The highest BCUT2D eigenvalue weighted by Gasteiger charge is 2.42. The number of benzene rings is 2. The van der Waals surface area contributed by atoms with Crippen molar-refractivity contribution in [2.24, 2.45) is 0 Å². The first-order valence-electron chi connectivity index (χ1n) is 11.5. The summed E-state index contributed by atoms with van der Waals surface area (Å²) < 4.78 is 17.7. The number of halogens is 1. The van der Waals surface area contributed by atoms with Crippen LogP contribution in [0.15, 0.2) is 42.5 Å².